The first kappa shape index (κ1) is 72.4. The van der Waals surface area contributed by atoms with Gasteiger partial charge in [-0.15, -0.1) is 5.10 Å². The number of amides is 6. The average Bonchev–Trinajstić information content (AvgIpc) is 1.57. The summed E-state index contributed by atoms with van der Waals surface area (Å²) in [5.41, 5.74) is 8.13. The quantitative estimate of drug-likeness (QED) is 0.0368. The molecule has 0 radical (unpaired) electrons. The van der Waals surface area contributed by atoms with Crippen LogP contribution in [0.2, 0.25) is 0 Å². The molecule has 6 heterocycles. The molecule has 13 rings (SSSR count). The van der Waals surface area contributed by atoms with Gasteiger partial charge in [-0.25, -0.2) is 14.4 Å². The predicted octanol–water partition coefficient (Wildman–Crippen LogP) is 10.3. The number of nitrogens with one attached hydrogen (secondary N) is 2. The Balaban J connectivity index is 0.556. The number of nitrogens with zero attached hydrogens (tertiary/aromatic N) is 7. The fraction of sp³-hybridized carbons (Fsp3) is 0.487. The Hall–Kier alpha value is -9.97. The second kappa shape index (κ2) is 30.8. The second-order valence-corrected chi connectivity index (χ2v) is 29.7. The molecule has 2 saturated carbocycles. The topological polar surface area (TPSA) is 288 Å². The average molecular weight is 1420 g/mol. The number of anilines is 2. The molecule has 24 heteroatoms. The van der Waals surface area contributed by atoms with Crippen molar-refractivity contribution in [3.05, 3.63) is 130 Å². The summed E-state index contributed by atoms with van der Waals surface area (Å²) in [7, 11) is 3.07. The molecule has 2 aliphatic carbocycles. The molecule has 24 nitrogen and oxygen atoms in total. The zero-order chi connectivity index (χ0) is 73.1. The summed E-state index contributed by atoms with van der Waals surface area (Å²) in [4.78, 5) is 130. The highest BCUT2D eigenvalue weighted by atomic mass is 16.6. The molecule has 6 amide bonds. The summed E-state index contributed by atoms with van der Waals surface area (Å²) in [6.07, 6.45) is 6.58. The number of ether oxygens (including phenoxy) is 5. The standard InChI is InChI=1S/C80H93N9O15/c1-7-88-73-58-17-11-12-18-62(58)85(44-53-15-9-10-16-57(53)72(73)83-84-88)71(94)28-26-55(90)25-27-70(93)81-43-56(91)37-59(48(2)3)74(95)82-49(4)65(92)35-50-19-21-51(22-20-50)45-104-78(99)89-63-40-69(67(101-6)39-61(63)76(97)87-47-80(31-32-80)42-64(87)77(89)98)103-34-14-8-13-33-102-68-36-52-23-24-54-41-79(29-30-79)46-86(54)75(96)60(52)38-66(68)100-5/h9-12,15-22,36,38-40,48-49,54,59,64,77,98H,7-8,13-14,23-35,37,41-47H2,1-6H3,(H,81,93)(H,82,95)/t49-,54+,59-,64-,77-/m0/s1. The third kappa shape index (κ3) is 15.5. The van der Waals surface area contributed by atoms with Crippen molar-refractivity contribution in [3.8, 4) is 45.5 Å². The second-order valence-electron chi connectivity index (χ2n) is 29.7. The van der Waals surface area contributed by atoms with E-state index in [-0.39, 0.29) is 134 Å². The molecule has 3 N–H and O–H groups in total. The molecule has 104 heavy (non-hydrogen) atoms. The van der Waals surface area contributed by atoms with E-state index in [1.165, 1.54) is 20.0 Å². The SMILES string of the molecule is CCn1nnc2c1-c1ccccc1N(C(=O)CCC(=O)CCC(=O)NCC(=O)C[C@H](C(=O)N[C@@H](C)C(=O)Cc1ccc(COC(=O)N3c4cc(OCCCCCOc5cc6c(cc5OC)C(=O)N5CC7(CC7)C[C@H]5CC6)c(OC)cc4C(=O)N4CC5(CC5)C[C@H]4[C@@H]3O)cc1)C(C)C)Cc1ccccc1-2. The van der Waals surface area contributed by atoms with Crippen molar-refractivity contribution >= 4 is 64.4 Å². The van der Waals surface area contributed by atoms with Crippen molar-refractivity contribution < 1.29 is 71.9 Å². The maximum atomic E-state index is 14.5. The van der Waals surface area contributed by atoms with Crippen LogP contribution in [0.3, 0.4) is 0 Å². The fourth-order valence-electron chi connectivity index (χ4n) is 15.7. The minimum atomic E-state index is -1.45. The van der Waals surface area contributed by atoms with Gasteiger partial charge in [0.2, 0.25) is 17.7 Å². The molecule has 0 unspecified atom stereocenters. The van der Waals surface area contributed by atoms with Crippen LogP contribution in [0.1, 0.15) is 167 Å². The Morgan fingerprint density at radius 1 is 0.673 bits per heavy atom. The Bertz CT molecular complexity index is 4310. The van der Waals surface area contributed by atoms with Crippen molar-refractivity contribution in [1.82, 2.24) is 35.4 Å². The first-order valence-electron chi connectivity index (χ1n) is 36.7. The lowest BCUT2D eigenvalue weighted by molar-refractivity contribution is -0.133. The minimum Gasteiger partial charge on any atom is -0.493 e. The van der Waals surface area contributed by atoms with E-state index >= 15 is 0 Å². The number of para-hydroxylation sites is 1. The molecule has 7 aliphatic rings. The Morgan fingerprint density at radius 2 is 1.32 bits per heavy atom. The Kier molecular flexibility index (Phi) is 21.4. The molecule has 5 aromatic carbocycles. The molecule has 4 fully saturated rings. The van der Waals surface area contributed by atoms with E-state index in [9.17, 15) is 48.3 Å². The Morgan fingerprint density at radius 3 is 2.02 bits per heavy atom. The van der Waals surface area contributed by atoms with E-state index < -0.39 is 47.9 Å². The number of aliphatic hydroxyl groups is 1. The van der Waals surface area contributed by atoms with Gasteiger partial charge in [-0.1, -0.05) is 85.8 Å². The molecule has 5 aliphatic heterocycles. The van der Waals surface area contributed by atoms with Crippen LogP contribution in [0, 0.1) is 22.7 Å². The summed E-state index contributed by atoms with van der Waals surface area (Å²) in [6.45, 7) is 9.34. The van der Waals surface area contributed by atoms with Crippen molar-refractivity contribution in [2.24, 2.45) is 22.7 Å². The van der Waals surface area contributed by atoms with Gasteiger partial charge in [-0.05, 0) is 148 Å². The molecule has 2 spiro atoms. The third-order valence-corrected chi connectivity index (χ3v) is 22.2. The lowest BCUT2D eigenvalue weighted by atomic mass is 9.89. The molecule has 2 saturated heterocycles. The number of hydrogen-bond acceptors (Lipinski definition) is 17. The largest absolute Gasteiger partial charge is 0.493 e. The maximum absolute atomic E-state index is 14.5. The highest BCUT2D eigenvalue weighted by molar-refractivity contribution is 6.06. The van der Waals surface area contributed by atoms with Gasteiger partial charge in [0, 0.05) is 92.9 Å². The number of carbonyl (C=O) groups excluding carboxylic acids is 9. The van der Waals surface area contributed by atoms with Crippen LogP contribution in [0.5, 0.6) is 23.0 Å². The number of fused-ring (bicyclic) bond motifs is 9. The molecular weight excluding hydrogens is 1330 g/mol. The third-order valence-electron chi connectivity index (χ3n) is 22.2. The maximum Gasteiger partial charge on any atom is 0.416 e. The van der Waals surface area contributed by atoms with E-state index in [2.05, 4.69) is 25.8 Å². The van der Waals surface area contributed by atoms with E-state index in [4.69, 9.17) is 23.7 Å². The number of hydrogen-bond donors (Lipinski definition) is 3. The molecule has 1 aromatic heterocycles. The van der Waals surface area contributed by atoms with Crippen molar-refractivity contribution in [3.63, 3.8) is 0 Å². The minimum absolute atomic E-state index is 0.0480. The Labute approximate surface area is 605 Å². The summed E-state index contributed by atoms with van der Waals surface area (Å²) in [6, 6.07) is 27.7. The number of aryl methyl sites for hydroxylation is 2. The summed E-state index contributed by atoms with van der Waals surface area (Å²) >= 11 is 0. The van der Waals surface area contributed by atoms with Gasteiger partial charge < -0.3 is 54.1 Å². The number of aromatic nitrogens is 3. The predicted molar refractivity (Wildman–Crippen MR) is 385 cm³/mol. The zero-order valence-corrected chi connectivity index (χ0v) is 60.2. The number of Topliss-reactive ketones (excluding diaryl/α,β-unsaturated/α-hetero) is 3. The normalized spacial score (nSPS) is 18.9. The van der Waals surface area contributed by atoms with Crippen molar-refractivity contribution in [2.45, 2.75) is 181 Å². The monoisotopic (exact) mass is 1420 g/mol. The van der Waals surface area contributed by atoms with Crippen molar-refractivity contribution in [1.29, 1.82) is 0 Å². The number of rotatable bonds is 29. The molecule has 548 valence electrons. The van der Waals surface area contributed by atoms with E-state index in [1.807, 2.05) is 72.3 Å². The van der Waals surface area contributed by atoms with Crippen LogP contribution in [0.25, 0.3) is 22.5 Å². The first-order chi connectivity index (χ1) is 50.2. The van der Waals surface area contributed by atoms with E-state index in [1.54, 1.807) is 74.1 Å². The lowest BCUT2D eigenvalue weighted by Crippen LogP contribution is -2.50. The molecular formula is C80H93N9O15. The van der Waals surface area contributed by atoms with Crippen LogP contribution in [-0.2, 0) is 66.0 Å². The van der Waals surface area contributed by atoms with Crippen molar-refractivity contribution in [2.75, 3.05) is 56.9 Å². The number of aliphatic hydroxyl groups excluding tert-OH is 1. The van der Waals surface area contributed by atoms with Gasteiger partial charge in [0.05, 0.1) is 75.2 Å². The highest BCUT2D eigenvalue weighted by Crippen LogP contribution is 2.58. The lowest BCUT2D eigenvalue weighted by Gasteiger charge is -2.31. The number of unbranched alkanes of at least 4 members (excludes halogenated alkanes) is 2. The number of benzene rings is 5. The zero-order valence-electron chi connectivity index (χ0n) is 60.2. The van der Waals surface area contributed by atoms with E-state index in [0.717, 1.165) is 83.6 Å². The van der Waals surface area contributed by atoms with Crippen LogP contribution in [0.15, 0.2) is 97.1 Å². The molecule has 0 bridgehead atoms. The number of ketones is 3. The van der Waals surface area contributed by atoms with Gasteiger partial charge in [0.1, 0.15) is 18.1 Å². The fourth-order valence-corrected chi connectivity index (χ4v) is 15.7. The van der Waals surface area contributed by atoms with Gasteiger partial charge >= 0.3 is 6.09 Å². The smallest absolute Gasteiger partial charge is 0.416 e. The summed E-state index contributed by atoms with van der Waals surface area (Å²) < 4.78 is 31.8. The van der Waals surface area contributed by atoms with Gasteiger partial charge in [-0.2, -0.15) is 0 Å². The number of carbonyl (C=O) groups is 9. The van der Waals surface area contributed by atoms with Crippen LogP contribution < -0.4 is 39.4 Å². The van der Waals surface area contributed by atoms with Crippen LogP contribution in [0.4, 0.5) is 16.2 Å². The van der Waals surface area contributed by atoms with Gasteiger partial charge in [-0.3, -0.25) is 38.4 Å². The van der Waals surface area contributed by atoms with Crippen LogP contribution in [-0.4, -0.2) is 154 Å². The summed E-state index contributed by atoms with van der Waals surface area (Å²) in [5, 5.41) is 26.5. The summed E-state index contributed by atoms with van der Waals surface area (Å²) in [5.74, 6) is -1.92. The molecule has 5 atom stereocenters. The van der Waals surface area contributed by atoms with Gasteiger partial charge in [0.15, 0.2) is 40.8 Å². The van der Waals surface area contributed by atoms with E-state index in [0.29, 0.717) is 78.3 Å². The number of methoxy groups -OCH3 is 2. The molecule has 6 aromatic rings. The van der Waals surface area contributed by atoms with Crippen LogP contribution >= 0.6 is 0 Å². The first-order valence-corrected chi connectivity index (χ1v) is 36.7. The highest BCUT2D eigenvalue weighted by Gasteiger charge is 2.58. The van der Waals surface area contributed by atoms with Gasteiger partial charge in [0.25, 0.3) is 11.8 Å².